The highest BCUT2D eigenvalue weighted by Crippen LogP contribution is 2.35. The third-order valence-corrected chi connectivity index (χ3v) is 7.78. The lowest BCUT2D eigenvalue weighted by Crippen LogP contribution is -2.52. The largest absolute Gasteiger partial charge is 0.352 e. The zero-order valence-corrected chi connectivity index (χ0v) is 23.5. The maximum absolute atomic E-state index is 13.5. The minimum Gasteiger partial charge on any atom is -0.352 e. The lowest BCUT2D eigenvalue weighted by atomic mass is 10.1. The number of benzene rings is 2. The highest BCUT2D eigenvalue weighted by atomic mass is 35.5. The van der Waals surface area contributed by atoms with Gasteiger partial charge in [-0.2, -0.15) is 0 Å². The highest BCUT2D eigenvalue weighted by Gasteiger charge is 2.31. The van der Waals surface area contributed by atoms with Crippen LogP contribution in [0.2, 0.25) is 20.1 Å². The minimum absolute atomic E-state index is 0.0000643. The molecular formula is C23H27Cl4N3O4S. The SMILES string of the molecule is CC[C@H](C)NC(=O)[C@@H](C)N(Cc1ccc(Cl)cc1)C(=O)CN(c1cc(Cl)c(Cl)cc1Cl)S(C)(=O)=O. The van der Waals surface area contributed by atoms with Crippen LogP contribution in [0.15, 0.2) is 36.4 Å². The second kappa shape index (κ2) is 12.5. The smallest absolute Gasteiger partial charge is 0.244 e. The Kier molecular flexibility index (Phi) is 10.5. The Balaban J connectivity index is 2.45. The molecule has 2 atom stereocenters. The summed E-state index contributed by atoms with van der Waals surface area (Å²) in [7, 11) is -3.96. The van der Waals surface area contributed by atoms with Crippen LogP contribution >= 0.6 is 46.4 Å². The highest BCUT2D eigenvalue weighted by molar-refractivity contribution is 7.92. The van der Waals surface area contributed by atoms with E-state index in [0.717, 1.165) is 10.6 Å². The Labute approximate surface area is 226 Å². The first-order valence-electron chi connectivity index (χ1n) is 10.7. The predicted octanol–water partition coefficient (Wildman–Crippen LogP) is 5.40. The monoisotopic (exact) mass is 581 g/mol. The number of sulfonamides is 1. The molecule has 192 valence electrons. The van der Waals surface area contributed by atoms with Gasteiger partial charge in [-0.05, 0) is 50.1 Å². The van der Waals surface area contributed by atoms with Crippen LogP contribution < -0.4 is 9.62 Å². The van der Waals surface area contributed by atoms with E-state index in [1.165, 1.54) is 17.0 Å². The van der Waals surface area contributed by atoms with Gasteiger partial charge in [0.1, 0.15) is 12.6 Å². The molecule has 2 aromatic rings. The number of nitrogens with one attached hydrogen (secondary N) is 1. The Morgan fingerprint density at radius 2 is 1.54 bits per heavy atom. The van der Waals surface area contributed by atoms with Crippen LogP contribution in [0.25, 0.3) is 0 Å². The van der Waals surface area contributed by atoms with Crippen LogP contribution in [0.3, 0.4) is 0 Å². The van der Waals surface area contributed by atoms with E-state index in [2.05, 4.69) is 5.32 Å². The topological polar surface area (TPSA) is 86.8 Å². The summed E-state index contributed by atoms with van der Waals surface area (Å²) in [6.07, 6.45) is 1.66. The molecule has 1 N–H and O–H groups in total. The maximum atomic E-state index is 13.5. The average Bonchev–Trinajstić information content (AvgIpc) is 2.78. The number of carbonyl (C=O) groups excluding carboxylic acids is 2. The molecule has 0 saturated carbocycles. The first-order valence-corrected chi connectivity index (χ1v) is 14.1. The van der Waals surface area contributed by atoms with E-state index >= 15 is 0 Å². The van der Waals surface area contributed by atoms with Crippen molar-refractivity contribution in [3.8, 4) is 0 Å². The molecule has 0 aromatic heterocycles. The predicted molar refractivity (Wildman–Crippen MR) is 143 cm³/mol. The second-order valence-electron chi connectivity index (χ2n) is 8.13. The second-order valence-corrected chi connectivity index (χ2v) is 11.7. The number of rotatable bonds is 10. The van der Waals surface area contributed by atoms with Gasteiger partial charge < -0.3 is 10.2 Å². The van der Waals surface area contributed by atoms with Crippen LogP contribution in [-0.4, -0.2) is 50.0 Å². The third kappa shape index (κ3) is 8.15. The van der Waals surface area contributed by atoms with Crippen molar-refractivity contribution >= 4 is 73.9 Å². The van der Waals surface area contributed by atoms with Crippen molar-refractivity contribution in [1.29, 1.82) is 0 Å². The number of halogens is 4. The lowest BCUT2D eigenvalue weighted by Gasteiger charge is -2.32. The summed E-state index contributed by atoms with van der Waals surface area (Å²) in [5.74, 6) is -0.973. The summed E-state index contributed by atoms with van der Waals surface area (Å²) in [4.78, 5) is 27.7. The molecule has 2 rings (SSSR count). The minimum atomic E-state index is -3.96. The van der Waals surface area contributed by atoms with Crippen molar-refractivity contribution in [2.75, 3.05) is 17.1 Å². The number of carbonyl (C=O) groups is 2. The first-order chi connectivity index (χ1) is 16.2. The molecule has 2 amide bonds. The molecule has 2 aromatic carbocycles. The number of nitrogens with zero attached hydrogens (tertiary/aromatic N) is 2. The molecule has 0 aliphatic heterocycles. The Morgan fingerprint density at radius 3 is 2.09 bits per heavy atom. The fraction of sp³-hybridized carbons (Fsp3) is 0.391. The van der Waals surface area contributed by atoms with Crippen molar-refractivity contribution in [3.05, 3.63) is 62.1 Å². The van der Waals surface area contributed by atoms with Gasteiger partial charge in [0, 0.05) is 17.6 Å². The van der Waals surface area contributed by atoms with Gasteiger partial charge in [0.2, 0.25) is 21.8 Å². The van der Waals surface area contributed by atoms with E-state index in [1.807, 2.05) is 13.8 Å². The Bertz CT molecular complexity index is 1180. The van der Waals surface area contributed by atoms with E-state index < -0.39 is 28.5 Å². The van der Waals surface area contributed by atoms with E-state index in [0.29, 0.717) is 17.0 Å². The van der Waals surface area contributed by atoms with Crippen molar-refractivity contribution in [2.45, 2.75) is 45.8 Å². The molecule has 0 aliphatic carbocycles. The van der Waals surface area contributed by atoms with E-state index in [9.17, 15) is 18.0 Å². The lowest BCUT2D eigenvalue weighted by molar-refractivity contribution is -0.139. The van der Waals surface area contributed by atoms with E-state index in [1.54, 1.807) is 31.2 Å². The molecule has 0 unspecified atom stereocenters. The van der Waals surface area contributed by atoms with Crippen LogP contribution in [0.4, 0.5) is 5.69 Å². The summed E-state index contributed by atoms with van der Waals surface area (Å²) >= 11 is 24.3. The molecule has 0 heterocycles. The maximum Gasteiger partial charge on any atom is 0.244 e. The van der Waals surface area contributed by atoms with Gasteiger partial charge in [-0.15, -0.1) is 0 Å². The van der Waals surface area contributed by atoms with Gasteiger partial charge in [0.05, 0.1) is 27.0 Å². The van der Waals surface area contributed by atoms with E-state index in [4.69, 9.17) is 46.4 Å². The molecular weight excluding hydrogens is 556 g/mol. The number of hydrogen-bond donors (Lipinski definition) is 1. The van der Waals surface area contributed by atoms with Gasteiger partial charge >= 0.3 is 0 Å². The summed E-state index contributed by atoms with van der Waals surface area (Å²) in [5.41, 5.74) is 0.712. The van der Waals surface area contributed by atoms with Crippen molar-refractivity contribution in [1.82, 2.24) is 10.2 Å². The fourth-order valence-corrected chi connectivity index (χ4v) is 4.81. The number of anilines is 1. The van der Waals surface area contributed by atoms with Gasteiger partial charge in [-0.1, -0.05) is 65.5 Å². The molecule has 12 heteroatoms. The zero-order valence-electron chi connectivity index (χ0n) is 19.7. The Morgan fingerprint density at radius 1 is 0.971 bits per heavy atom. The fourth-order valence-electron chi connectivity index (χ4n) is 3.13. The quantitative estimate of drug-likeness (QED) is 0.380. The summed E-state index contributed by atoms with van der Waals surface area (Å²) in [6, 6.07) is 8.39. The summed E-state index contributed by atoms with van der Waals surface area (Å²) in [5, 5.41) is 3.60. The van der Waals surface area contributed by atoms with Gasteiger partial charge in [-0.25, -0.2) is 8.42 Å². The molecule has 0 aliphatic rings. The number of amides is 2. The first kappa shape index (κ1) is 29.5. The average molecular weight is 583 g/mol. The molecule has 0 fully saturated rings. The molecule has 7 nitrogen and oxygen atoms in total. The van der Waals surface area contributed by atoms with Crippen LogP contribution in [0, 0.1) is 0 Å². The Hall–Kier alpha value is -1.71. The molecule has 0 bridgehead atoms. The molecule has 0 spiro atoms. The van der Waals surface area contributed by atoms with Gasteiger partial charge in [0.15, 0.2) is 0 Å². The summed E-state index contributed by atoms with van der Waals surface area (Å²) < 4.78 is 26.1. The molecule has 0 radical (unpaired) electrons. The molecule has 35 heavy (non-hydrogen) atoms. The summed E-state index contributed by atoms with van der Waals surface area (Å²) in [6.45, 7) is 4.82. The third-order valence-electron chi connectivity index (χ3n) is 5.37. The van der Waals surface area contributed by atoms with E-state index in [-0.39, 0.29) is 39.2 Å². The zero-order chi connectivity index (χ0) is 26.5. The van der Waals surface area contributed by atoms with Gasteiger partial charge in [-0.3, -0.25) is 13.9 Å². The van der Waals surface area contributed by atoms with Crippen LogP contribution in [-0.2, 0) is 26.2 Å². The standard InChI is InChI=1S/C23H27Cl4N3O4S/c1-5-14(2)28-23(32)15(3)29(12-16-6-8-17(24)9-7-16)22(31)13-30(35(4,33)34)21-11-19(26)18(25)10-20(21)27/h6-11,14-15H,5,12-13H2,1-4H3,(H,28,32)/t14-,15+/m0/s1. The normalized spacial score (nSPS) is 13.1. The van der Waals surface area contributed by atoms with Gasteiger partial charge in [0.25, 0.3) is 0 Å². The van der Waals surface area contributed by atoms with Crippen molar-refractivity contribution in [3.63, 3.8) is 0 Å². The van der Waals surface area contributed by atoms with Crippen molar-refractivity contribution < 1.29 is 18.0 Å². The van der Waals surface area contributed by atoms with Crippen molar-refractivity contribution in [2.24, 2.45) is 0 Å². The van der Waals surface area contributed by atoms with Crippen LogP contribution in [0.1, 0.15) is 32.8 Å². The number of hydrogen-bond acceptors (Lipinski definition) is 4. The molecule has 0 saturated heterocycles. The van der Waals surface area contributed by atoms with Crippen LogP contribution in [0.5, 0.6) is 0 Å².